The second-order valence-corrected chi connectivity index (χ2v) is 6.09. The minimum Gasteiger partial charge on any atom is -0.329 e. The molecule has 128 valence electrons. The van der Waals surface area contributed by atoms with Crippen LogP contribution in [0.25, 0.3) is 0 Å². The van der Waals surface area contributed by atoms with E-state index in [0.717, 1.165) is 28.8 Å². The fourth-order valence-corrected chi connectivity index (χ4v) is 3.08. The predicted octanol–water partition coefficient (Wildman–Crippen LogP) is 3.65. The van der Waals surface area contributed by atoms with Crippen LogP contribution in [0.15, 0.2) is 42.5 Å². The Kier molecular flexibility index (Phi) is 5.97. The van der Waals surface area contributed by atoms with Gasteiger partial charge in [0.2, 0.25) is 0 Å². The molecule has 0 radical (unpaired) electrons. The summed E-state index contributed by atoms with van der Waals surface area (Å²) in [5.41, 5.74) is 3.60. The first-order valence-corrected chi connectivity index (χ1v) is 7.90. The van der Waals surface area contributed by atoms with Gasteiger partial charge in [-0.2, -0.15) is 0 Å². The van der Waals surface area contributed by atoms with Crippen LogP contribution in [0.1, 0.15) is 33.1 Å². The quantitative estimate of drug-likeness (QED) is 0.898. The van der Waals surface area contributed by atoms with Gasteiger partial charge in [0, 0.05) is 25.2 Å². The molecule has 1 N–H and O–H groups in total. The Morgan fingerprint density at radius 2 is 2.00 bits per heavy atom. The standard InChI is InChI=1S/C19H21FN2O.ClH/c1-13-6-7-14(2)17(10-13)19(23)22-9-8-21-12-18(22)15-4-3-5-16(20)11-15;/h3-7,10-11,18,21H,8-9,12H2,1-2H3;1H. The number of nitrogens with one attached hydrogen (secondary N) is 1. The molecule has 0 aromatic heterocycles. The van der Waals surface area contributed by atoms with Gasteiger partial charge in [-0.3, -0.25) is 4.79 Å². The fraction of sp³-hybridized carbons (Fsp3) is 0.316. The van der Waals surface area contributed by atoms with E-state index in [1.54, 1.807) is 6.07 Å². The van der Waals surface area contributed by atoms with E-state index in [1.165, 1.54) is 12.1 Å². The first kappa shape index (κ1) is 18.4. The van der Waals surface area contributed by atoms with Gasteiger partial charge in [0.05, 0.1) is 6.04 Å². The molecule has 1 saturated heterocycles. The van der Waals surface area contributed by atoms with Crippen molar-refractivity contribution >= 4 is 18.3 Å². The van der Waals surface area contributed by atoms with E-state index in [0.29, 0.717) is 13.1 Å². The Bertz CT molecular complexity index is 735. The number of hydrogen-bond acceptors (Lipinski definition) is 2. The Morgan fingerprint density at radius 1 is 1.21 bits per heavy atom. The maximum atomic E-state index is 13.6. The highest BCUT2D eigenvalue weighted by Gasteiger charge is 2.29. The van der Waals surface area contributed by atoms with Gasteiger partial charge in [-0.25, -0.2) is 4.39 Å². The number of carbonyl (C=O) groups is 1. The molecule has 5 heteroatoms. The van der Waals surface area contributed by atoms with Crippen molar-refractivity contribution < 1.29 is 9.18 Å². The third-order valence-corrected chi connectivity index (χ3v) is 4.36. The average molecular weight is 349 g/mol. The SMILES string of the molecule is Cc1ccc(C)c(C(=O)N2CCNCC2c2cccc(F)c2)c1.Cl. The maximum absolute atomic E-state index is 13.6. The van der Waals surface area contributed by atoms with Crippen molar-refractivity contribution in [2.75, 3.05) is 19.6 Å². The zero-order chi connectivity index (χ0) is 16.4. The number of nitrogens with zero attached hydrogens (tertiary/aromatic N) is 1. The summed E-state index contributed by atoms with van der Waals surface area (Å²) in [6.45, 7) is 5.94. The molecule has 1 fully saturated rings. The molecule has 1 amide bonds. The van der Waals surface area contributed by atoms with Gasteiger partial charge in [0.15, 0.2) is 0 Å². The van der Waals surface area contributed by atoms with Gasteiger partial charge < -0.3 is 10.2 Å². The number of halogens is 2. The molecule has 2 aromatic carbocycles. The van der Waals surface area contributed by atoms with Crippen LogP contribution >= 0.6 is 12.4 Å². The number of carbonyl (C=O) groups excluding carboxylic acids is 1. The minimum absolute atomic E-state index is 0. The number of benzene rings is 2. The van der Waals surface area contributed by atoms with E-state index < -0.39 is 0 Å². The number of amides is 1. The lowest BCUT2D eigenvalue weighted by molar-refractivity contribution is 0.0633. The Labute approximate surface area is 148 Å². The summed E-state index contributed by atoms with van der Waals surface area (Å²) in [6.07, 6.45) is 0. The summed E-state index contributed by atoms with van der Waals surface area (Å²) in [7, 11) is 0. The first-order valence-electron chi connectivity index (χ1n) is 7.90. The van der Waals surface area contributed by atoms with Crippen LogP contribution in [0.4, 0.5) is 4.39 Å². The molecule has 1 atom stereocenters. The summed E-state index contributed by atoms with van der Waals surface area (Å²) in [4.78, 5) is 14.9. The van der Waals surface area contributed by atoms with Crippen LogP contribution in [-0.2, 0) is 0 Å². The minimum atomic E-state index is -0.271. The third kappa shape index (κ3) is 3.77. The van der Waals surface area contributed by atoms with E-state index in [-0.39, 0.29) is 30.2 Å². The van der Waals surface area contributed by atoms with Crippen molar-refractivity contribution in [1.82, 2.24) is 10.2 Å². The number of piperazine rings is 1. The fourth-order valence-electron chi connectivity index (χ4n) is 3.08. The molecule has 24 heavy (non-hydrogen) atoms. The Hall–Kier alpha value is -1.91. The number of hydrogen-bond donors (Lipinski definition) is 1. The van der Waals surface area contributed by atoms with Crippen LogP contribution in [0.3, 0.4) is 0 Å². The Balaban J connectivity index is 0.00000208. The van der Waals surface area contributed by atoms with Gasteiger partial charge >= 0.3 is 0 Å². The molecule has 1 heterocycles. The molecule has 0 saturated carbocycles. The van der Waals surface area contributed by atoms with Gasteiger partial charge in [0.1, 0.15) is 5.82 Å². The summed E-state index contributed by atoms with van der Waals surface area (Å²) in [6, 6.07) is 12.3. The van der Waals surface area contributed by atoms with E-state index >= 15 is 0 Å². The van der Waals surface area contributed by atoms with Crippen molar-refractivity contribution in [3.63, 3.8) is 0 Å². The van der Waals surface area contributed by atoms with Gasteiger partial charge in [-0.15, -0.1) is 12.4 Å². The number of rotatable bonds is 2. The first-order chi connectivity index (χ1) is 11.1. The van der Waals surface area contributed by atoms with Crippen LogP contribution in [0.5, 0.6) is 0 Å². The topological polar surface area (TPSA) is 32.3 Å². The lowest BCUT2D eigenvalue weighted by Gasteiger charge is -2.37. The molecule has 0 spiro atoms. The van der Waals surface area contributed by atoms with E-state index in [9.17, 15) is 9.18 Å². The smallest absolute Gasteiger partial charge is 0.254 e. The molecule has 3 nitrogen and oxygen atoms in total. The van der Waals surface area contributed by atoms with Crippen molar-refractivity contribution in [2.45, 2.75) is 19.9 Å². The largest absolute Gasteiger partial charge is 0.329 e. The average Bonchev–Trinajstić information content (AvgIpc) is 2.56. The third-order valence-electron chi connectivity index (χ3n) is 4.36. The Morgan fingerprint density at radius 3 is 2.75 bits per heavy atom. The summed E-state index contributed by atoms with van der Waals surface area (Å²) in [5, 5.41) is 3.30. The zero-order valence-electron chi connectivity index (χ0n) is 13.9. The van der Waals surface area contributed by atoms with Crippen LogP contribution in [0.2, 0.25) is 0 Å². The molecule has 3 rings (SSSR count). The van der Waals surface area contributed by atoms with Crippen molar-refractivity contribution in [3.8, 4) is 0 Å². The van der Waals surface area contributed by atoms with E-state index in [1.807, 2.05) is 43.0 Å². The second-order valence-electron chi connectivity index (χ2n) is 6.09. The molecule has 2 aromatic rings. The highest BCUT2D eigenvalue weighted by molar-refractivity contribution is 5.96. The van der Waals surface area contributed by atoms with Crippen molar-refractivity contribution in [3.05, 3.63) is 70.5 Å². The molecule has 0 bridgehead atoms. The van der Waals surface area contributed by atoms with E-state index in [2.05, 4.69) is 5.32 Å². The maximum Gasteiger partial charge on any atom is 0.254 e. The molecular weight excluding hydrogens is 327 g/mol. The summed E-state index contributed by atoms with van der Waals surface area (Å²) < 4.78 is 13.6. The second kappa shape index (κ2) is 7.77. The van der Waals surface area contributed by atoms with Crippen LogP contribution in [0, 0.1) is 19.7 Å². The van der Waals surface area contributed by atoms with E-state index in [4.69, 9.17) is 0 Å². The lowest BCUT2D eigenvalue weighted by Crippen LogP contribution is -2.48. The van der Waals surface area contributed by atoms with Crippen LogP contribution in [-0.4, -0.2) is 30.4 Å². The lowest BCUT2D eigenvalue weighted by atomic mass is 9.99. The summed E-state index contributed by atoms with van der Waals surface area (Å²) in [5.74, 6) is -0.255. The molecular formula is C19H22ClFN2O. The molecule has 0 aliphatic carbocycles. The highest BCUT2D eigenvalue weighted by Crippen LogP contribution is 2.26. The van der Waals surface area contributed by atoms with Gasteiger partial charge in [0.25, 0.3) is 5.91 Å². The van der Waals surface area contributed by atoms with Crippen molar-refractivity contribution in [1.29, 1.82) is 0 Å². The highest BCUT2D eigenvalue weighted by atomic mass is 35.5. The monoisotopic (exact) mass is 348 g/mol. The van der Waals surface area contributed by atoms with Crippen LogP contribution < -0.4 is 5.32 Å². The van der Waals surface area contributed by atoms with Crippen molar-refractivity contribution in [2.24, 2.45) is 0 Å². The molecule has 1 aliphatic rings. The number of aryl methyl sites for hydroxylation is 2. The predicted molar refractivity (Wildman–Crippen MR) is 96.2 cm³/mol. The molecule has 1 aliphatic heterocycles. The van der Waals surface area contributed by atoms with Gasteiger partial charge in [-0.1, -0.05) is 29.8 Å². The summed E-state index contributed by atoms with van der Waals surface area (Å²) >= 11 is 0. The normalized spacial score (nSPS) is 17.3. The van der Waals surface area contributed by atoms with Gasteiger partial charge in [-0.05, 0) is 43.2 Å². The molecule has 1 unspecified atom stereocenters. The zero-order valence-corrected chi connectivity index (χ0v) is 14.7.